The molecule has 4 heteroatoms. The van der Waals surface area contributed by atoms with Gasteiger partial charge in [0, 0.05) is 22.3 Å². The number of unbranched alkanes of at least 4 members (excludes halogenated alkanes) is 9. The van der Waals surface area contributed by atoms with E-state index in [1.165, 1.54) is 51.4 Å². The van der Waals surface area contributed by atoms with Crippen molar-refractivity contribution in [2.45, 2.75) is 77.6 Å². The molecular weight excluding hydrogens is 260 g/mol. The van der Waals surface area contributed by atoms with E-state index in [0.29, 0.717) is 11.5 Å². The fraction of sp³-hybridized carbons (Fsp3) is 0.933. The van der Waals surface area contributed by atoms with Gasteiger partial charge in [0.1, 0.15) is 0 Å². The molecular formula is C15H30O3S. The van der Waals surface area contributed by atoms with Gasteiger partial charge in [-0.1, -0.05) is 64.7 Å². The van der Waals surface area contributed by atoms with Gasteiger partial charge in [-0.15, -0.1) is 0 Å². The summed E-state index contributed by atoms with van der Waals surface area (Å²) in [5, 5.41) is 8.47. The summed E-state index contributed by atoms with van der Waals surface area (Å²) in [4.78, 5) is 10.3. The third-order valence-corrected chi connectivity index (χ3v) is 4.67. The Bertz CT molecular complexity index is 242. The number of carbonyl (C=O) groups is 1. The van der Waals surface area contributed by atoms with Crippen molar-refractivity contribution in [3.05, 3.63) is 0 Å². The van der Waals surface area contributed by atoms with Gasteiger partial charge < -0.3 is 5.11 Å². The number of rotatable bonds is 14. The standard InChI is InChI=1S/C15H30O3S/c1-2-3-4-5-6-7-8-9-10-11-13-19(18)14-12-15(16)17/h2-14H2,1H3,(H,16,17)/t19-/m0/s1. The van der Waals surface area contributed by atoms with Crippen molar-refractivity contribution in [1.82, 2.24) is 0 Å². The van der Waals surface area contributed by atoms with Crippen LogP contribution in [0, 0.1) is 0 Å². The van der Waals surface area contributed by atoms with Crippen LogP contribution in [0.1, 0.15) is 77.6 Å². The second-order valence-electron chi connectivity index (χ2n) is 5.17. The van der Waals surface area contributed by atoms with Crippen LogP contribution in [0.2, 0.25) is 0 Å². The topological polar surface area (TPSA) is 54.4 Å². The molecule has 19 heavy (non-hydrogen) atoms. The molecule has 0 saturated carbocycles. The molecule has 0 aliphatic rings. The van der Waals surface area contributed by atoms with Crippen molar-refractivity contribution in [2.24, 2.45) is 0 Å². The van der Waals surface area contributed by atoms with Crippen LogP contribution in [0.4, 0.5) is 0 Å². The van der Waals surface area contributed by atoms with E-state index in [4.69, 9.17) is 5.11 Å². The third-order valence-electron chi connectivity index (χ3n) is 3.27. The Hall–Kier alpha value is -0.380. The lowest BCUT2D eigenvalue weighted by Gasteiger charge is -2.02. The van der Waals surface area contributed by atoms with E-state index in [-0.39, 0.29) is 6.42 Å². The first-order chi connectivity index (χ1) is 9.16. The minimum Gasteiger partial charge on any atom is -0.481 e. The van der Waals surface area contributed by atoms with Crippen LogP contribution in [-0.2, 0) is 15.6 Å². The Kier molecular flexibility index (Phi) is 13.8. The number of aliphatic carboxylic acids is 1. The van der Waals surface area contributed by atoms with Crippen molar-refractivity contribution in [3.8, 4) is 0 Å². The zero-order valence-corrected chi connectivity index (χ0v) is 13.2. The molecule has 0 spiro atoms. The quantitative estimate of drug-likeness (QED) is 0.489. The Labute approximate surface area is 120 Å². The predicted molar refractivity (Wildman–Crippen MR) is 82.0 cm³/mol. The molecule has 0 aromatic heterocycles. The Morgan fingerprint density at radius 1 is 0.842 bits per heavy atom. The Morgan fingerprint density at radius 2 is 1.32 bits per heavy atom. The van der Waals surface area contributed by atoms with Gasteiger partial charge in [0.15, 0.2) is 0 Å². The lowest BCUT2D eigenvalue weighted by Crippen LogP contribution is -2.07. The lowest BCUT2D eigenvalue weighted by molar-refractivity contribution is -0.136. The number of hydrogen-bond acceptors (Lipinski definition) is 2. The maximum Gasteiger partial charge on any atom is 0.304 e. The summed E-state index contributed by atoms with van der Waals surface area (Å²) >= 11 is 0. The molecule has 0 aromatic rings. The van der Waals surface area contributed by atoms with Crippen LogP contribution >= 0.6 is 0 Å². The van der Waals surface area contributed by atoms with E-state index in [0.717, 1.165) is 12.8 Å². The average molecular weight is 290 g/mol. The van der Waals surface area contributed by atoms with Crippen LogP contribution in [-0.4, -0.2) is 26.8 Å². The SMILES string of the molecule is CCCCCCCCCCCC[S@](=O)CCC(=O)O. The summed E-state index contributed by atoms with van der Waals surface area (Å²) < 4.78 is 11.4. The molecule has 0 unspecified atom stereocenters. The van der Waals surface area contributed by atoms with Crippen LogP contribution in [0.3, 0.4) is 0 Å². The average Bonchev–Trinajstić information content (AvgIpc) is 2.38. The fourth-order valence-electron chi connectivity index (χ4n) is 2.05. The normalized spacial score (nSPS) is 12.5. The molecule has 1 N–H and O–H groups in total. The zero-order chi connectivity index (χ0) is 14.3. The molecule has 0 aliphatic carbocycles. The summed E-state index contributed by atoms with van der Waals surface area (Å²) in [6.07, 6.45) is 12.7. The highest BCUT2D eigenvalue weighted by Crippen LogP contribution is 2.10. The van der Waals surface area contributed by atoms with Crippen LogP contribution in [0.15, 0.2) is 0 Å². The number of carboxylic acid groups (broad SMARTS) is 1. The maximum atomic E-state index is 11.4. The van der Waals surface area contributed by atoms with Gasteiger partial charge >= 0.3 is 5.97 Å². The van der Waals surface area contributed by atoms with Gasteiger partial charge in [-0.25, -0.2) is 0 Å². The van der Waals surface area contributed by atoms with Gasteiger partial charge in [0.25, 0.3) is 0 Å². The smallest absolute Gasteiger partial charge is 0.304 e. The monoisotopic (exact) mass is 290 g/mol. The van der Waals surface area contributed by atoms with E-state index in [9.17, 15) is 9.00 Å². The van der Waals surface area contributed by atoms with Crippen molar-refractivity contribution >= 4 is 16.8 Å². The molecule has 3 nitrogen and oxygen atoms in total. The molecule has 0 aromatic carbocycles. The molecule has 0 saturated heterocycles. The van der Waals surface area contributed by atoms with Crippen LogP contribution in [0.25, 0.3) is 0 Å². The first-order valence-electron chi connectivity index (χ1n) is 7.73. The second-order valence-corrected chi connectivity index (χ2v) is 6.87. The first-order valence-corrected chi connectivity index (χ1v) is 9.22. The minimum absolute atomic E-state index is 0.0321. The van der Waals surface area contributed by atoms with E-state index < -0.39 is 16.8 Å². The van der Waals surface area contributed by atoms with Crippen molar-refractivity contribution in [2.75, 3.05) is 11.5 Å². The lowest BCUT2D eigenvalue weighted by atomic mass is 10.1. The predicted octanol–water partition coefficient (Wildman–Crippen LogP) is 4.13. The highest BCUT2D eigenvalue weighted by atomic mass is 32.2. The fourth-order valence-corrected chi connectivity index (χ4v) is 3.19. The summed E-state index contributed by atoms with van der Waals surface area (Å²) in [6.45, 7) is 2.24. The van der Waals surface area contributed by atoms with E-state index in [2.05, 4.69) is 6.92 Å². The maximum absolute atomic E-state index is 11.4. The van der Waals surface area contributed by atoms with Gasteiger partial charge in [-0.05, 0) is 6.42 Å². The first kappa shape index (κ1) is 18.6. The van der Waals surface area contributed by atoms with Gasteiger partial charge in [-0.2, -0.15) is 0 Å². The zero-order valence-electron chi connectivity index (χ0n) is 12.4. The van der Waals surface area contributed by atoms with E-state index in [1.807, 2.05) is 0 Å². The molecule has 0 amide bonds. The molecule has 0 heterocycles. The summed E-state index contributed by atoms with van der Waals surface area (Å²) in [5.74, 6) is 0.132. The highest BCUT2D eigenvalue weighted by Gasteiger charge is 2.03. The highest BCUT2D eigenvalue weighted by molar-refractivity contribution is 7.84. The molecule has 114 valence electrons. The van der Waals surface area contributed by atoms with Gasteiger partial charge in [-0.3, -0.25) is 9.00 Å². The molecule has 0 radical (unpaired) electrons. The second kappa shape index (κ2) is 14.0. The van der Waals surface area contributed by atoms with Gasteiger partial charge in [0.2, 0.25) is 0 Å². The summed E-state index contributed by atoms with van der Waals surface area (Å²) in [6, 6.07) is 0. The number of hydrogen-bond donors (Lipinski definition) is 1. The van der Waals surface area contributed by atoms with Crippen molar-refractivity contribution in [3.63, 3.8) is 0 Å². The Morgan fingerprint density at radius 3 is 1.79 bits per heavy atom. The van der Waals surface area contributed by atoms with E-state index >= 15 is 0 Å². The Balaban J connectivity index is 3.13. The van der Waals surface area contributed by atoms with Crippen LogP contribution in [0.5, 0.6) is 0 Å². The van der Waals surface area contributed by atoms with Gasteiger partial charge in [0.05, 0.1) is 6.42 Å². The minimum atomic E-state index is -0.934. The molecule has 0 fully saturated rings. The molecule has 0 aliphatic heterocycles. The largest absolute Gasteiger partial charge is 0.481 e. The molecule has 1 atom stereocenters. The summed E-state index contributed by atoms with van der Waals surface area (Å²) in [5.41, 5.74) is 0. The van der Waals surface area contributed by atoms with Crippen molar-refractivity contribution < 1.29 is 14.1 Å². The van der Waals surface area contributed by atoms with Crippen LogP contribution < -0.4 is 0 Å². The third kappa shape index (κ3) is 15.6. The molecule has 0 bridgehead atoms. The summed E-state index contributed by atoms with van der Waals surface area (Å²) in [7, 11) is -0.934. The van der Waals surface area contributed by atoms with E-state index in [1.54, 1.807) is 0 Å². The van der Waals surface area contributed by atoms with Crippen molar-refractivity contribution in [1.29, 1.82) is 0 Å². The number of carboxylic acids is 1. The molecule has 0 rings (SSSR count).